The van der Waals surface area contributed by atoms with E-state index < -0.39 is 11.9 Å². The number of imidazole rings is 1. The Morgan fingerprint density at radius 1 is 1.19 bits per heavy atom. The fourth-order valence-electron chi connectivity index (χ4n) is 1.99. The molecular weight excluding hydrogens is 281 g/mol. The predicted octanol–water partition coefficient (Wildman–Crippen LogP) is 4.35. The van der Waals surface area contributed by atoms with Crippen LogP contribution in [-0.2, 0) is 6.18 Å². The zero-order valence-electron chi connectivity index (χ0n) is 11.9. The van der Waals surface area contributed by atoms with Crippen LogP contribution in [-0.4, -0.2) is 15.3 Å². The zero-order chi connectivity index (χ0) is 15.8. The van der Waals surface area contributed by atoms with Gasteiger partial charge >= 0.3 is 6.18 Å². The minimum atomic E-state index is -4.48. The van der Waals surface area contributed by atoms with Gasteiger partial charge in [-0.25, -0.2) is 4.98 Å². The lowest BCUT2D eigenvalue weighted by Crippen LogP contribution is -2.05. The van der Waals surface area contributed by atoms with Gasteiger partial charge < -0.3 is 4.57 Å². The summed E-state index contributed by atoms with van der Waals surface area (Å²) in [5.41, 5.74) is 0.142. The second-order valence-corrected chi connectivity index (χ2v) is 5.08. The van der Waals surface area contributed by atoms with Crippen molar-refractivity contribution in [3.8, 4) is 11.4 Å². The molecule has 1 heterocycles. The van der Waals surface area contributed by atoms with Crippen LogP contribution in [0.3, 0.4) is 0 Å². The maximum atomic E-state index is 12.8. The van der Waals surface area contributed by atoms with Crippen LogP contribution >= 0.6 is 0 Å². The van der Waals surface area contributed by atoms with Gasteiger partial charge in [0.25, 0.3) is 0 Å². The highest BCUT2D eigenvalue weighted by atomic mass is 19.4. The fraction of sp³-hybridized carbons (Fsp3) is 0.333. The van der Waals surface area contributed by atoms with Gasteiger partial charge in [0.15, 0.2) is 11.5 Å². The number of Topliss-reactive ketones (excluding diaryl/α,β-unsaturated/α-hetero) is 1. The number of rotatable bonds is 3. The van der Waals surface area contributed by atoms with E-state index in [4.69, 9.17) is 0 Å². The lowest BCUT2D eigenvalue weighted by Gasteiger charge is -2.11. The van der Waals surface area contributed by atoms with E-state index >= 15 is 0 Å². The molecule has 0 aliphatic heterocycles. The van der Waals surface area contributed by atoms with Crippen LogP contribution in [0.15, 0.2) is 30.5 Å². The summed E-state index contributed by atoms with van der Waals surface area (Å²) in [7, 11) is 0. The van der Waals surface area contributed by atoms with Gasteiger partial charge in [-0.3, -0.25) is 4.79 Å². The normalized spacial score (nSPS) is 12.0. The number of alkyl halides is 3. The molecular formula is C15H15F3N2O. The molecule has 21 heavy (non-hydrogen) atoms. The van der Waals surface area contributed by atoms with Crippen LogP contribution in [0.4, 0.5) is 13.2 Å². The Morgan fingerprint density at radius 2 is 1.76 bits per heavy atom. The third-order valence-corrected chi connectivity index (χ3v) is 3.13. The first-order valence-electron chi connectivity index (χ1n) is 6.47. The van der Waals surface area contributed by atoms with Crippen molar-refractivity contribution < 1.29 is 18.0 Å². The molecule has 0 radical (unpaired) electrons. The highest BCUT2D eigenvalue weighted by Gasteiger charge is 2.35. The number of hydrogen-bond acceptors (Lipinski definition) is 2. The number of carbonyl (C=O) groups excluding carboxylic acids is 1. The van der Waals surface area contributed by atoms with E-state index in [1.807, 2.05) is 0 Å². The molecule has 0 bridgehead atoms. The SMILES string of the molecule is CC(=O)c1ccc(-c2nc(C(F)(F)F)cn2C(C)C)cc1. The van der Waals surface area contributed by atoms with E-state index in [1.165, 1.54) is 11.5 Å². The van der Waals surface area contributed by atoms with Crippen LogP contribution in [0.1, 0.15) is 42.9 Å². The number of hydrogen-bond donors (Lipinski definition) is 0. The molecule has 1 aromatic heterocycles. The minimum Gasteiger partial charge on any atom is -0.328 e. The Morgan fingerprint density at radius 3 is 2.19 bits per heavy atom. The first kappa shape index (κ1) is 15.3. The molecule has 0 unspecified atom stereocenters. The average molecular weight is 296 g/mol. The van der Waals surface area contributed by atoms with Gasteiger partial charge in [-0.05, 0) is 20.8 Å². The predicted molar refractivity (Wildman–Crippen MR) is 73.1 cm³/mol. The molecule has 1 aromatic carbocycles. The van der Waals surface area contributed by atoms with Crippen molar-refractivity contribution in [3.63, 3.8) is 0 Å². The van der Waals surface area contributed by atoms with Gasteiger partial charge in [0.2, 0.25) is 0 Å². The standard InChI is InChI=1S/C15H15F3N2O/c1-9(2)20-8-13(15(16,17)18)19-14(20)12-6-4-11(5-7-12)10(3)21/h4-9H,1-3H3. The Bertz CT molecular complexity index is 655. The molecule has 0 amide bonds. The second-order valence-electron chi connectivity index (χ2n) is 5.08. The molecule has 0 fully saturated rings. The zero-order valence-corrected chi connectivity index (χ0v) is 11.9. The van der Waals surface area contributed by atoms with Crippen LogP contribution in [0.2, 0.25) is 0 Å². The summed E-state index contributed by atoms with van der Waals surface area (Å²) in [5.74, 6) is 0.150. The van der Waals surface area contributed by atoms with Gasteiger partial charge in [-0.1, -0.05) is 24.3 Å². The van der Waals surface area contributed by atoms with E-state index in [9.17, 15) is 18.0 Å². The summed E-state index contributed by atoms with van der Waals surface area (Å²) >= 11 is 0. The van der Waals surface area contributed by atoms with Crippen molar-refractivity contribution >= 4 is 5.78 Å². The summed E-state index contributed by atoms with van der Waals surface area (Å²) < 4.78 is 39.9. The van der Waals surface area contributed by atoms with Crippen molar-refractivity contribution in [2.75, 3.05) is 0 Å². The van der Waals surface area contributed by atoms with Crippen LogP contribution < -0.4 is 0 Å². The van der Waals surface area contributed by atoms with Gasteiger partial charge in [-0.2, -0.15) is 13.2 Å². The van der Waals surface area contributed by atoms with Crippen molar-refractivity contribution in [2.24, 2.45) is 0 Å². The third kappa shape index (κ3) is 3.15. The lowest BCUT2D eigenvalue weighted by molar-refractivity contribution is -0.140. The number of halogens is 3. The van der Waals surface area contributed by atoms with Crippen LogP contribution in [0.5, 0.6) is 0 Å². The maximum absolute atomic E-state index is 12.8. The summed E-state index contributed by atoms with van der Waals surface area (Å²) in [5, 5.41) is 0. The van der Waals surface area contributed by atoms with Crippen LogP contribution in [0.25, 0.3) is 11.4 Å². The molecule has 112 valence electrons. The number of carbonyl (C=O) groups is 1. The minimum absolute atomic E-state index is 0.0928. The molecule has 6 heteroatoms. The average Bonchev–Trinajstić information content (AvgIpc) is 2.83. The fourth-order valence-corrected chi connectivity index (χ4v) is 1.99. The number of benzene rings is 1. The Balaban J connectivity index is 2.51. The van der Waals surface area contributed by atoms with Crippen LogP contribution in [0, 0.1) is 0 Å². The molecule has 0 aliphatic carbocycles. The maximum Gasteiger partial charge on any atom is 0.434 e. The van der Waals surface area contributed by atoms with E-state index in [0.29, 0.717) is 11.1 Å². The Labute approximate surface area is 120 Å². The summed E-state index contributed by atoms with van der Waals surface area (Å²) in [6, 6.07) is 6.24. The largest absolute Gasteiger partial charge is 0.434 e. The lowest BCUT2D eigenvalue weighted by atomic mass is 10.1. The van der Waals surface area contributed by atoms with Gasteiger partial charge in [0, 0.05) is 23.4 Å². The Hall–Kier alpha value is -2.11. The van der Waals surface area contributed by atoms with E-state index in [1.54, 1.807) is 38.1 Å². The molecule has 3 nitrogen and oxygen atoms in total. The van der Waals surface area contributed by atoms with Crippen molar-refractivity contribution in [3.05, 3.63) is 41.7 Å². The summed E-state index contributed by atoms with van der Waals surface area (Å²) in [6.07, 6.45) is -3.47. The van der Waals surface area contributed by atoms with Crippen molar-refractivity contribution in [2.45, 2.75) is 33.0 Å². The molecule has 0 spiro atoms. The highest BCUT2D eigenvalue weighted by molar-refractivity contribution is 5.94. The molecule has 0 aliphatic rings. The first-order valence-corrected chi connectivity index (χ1v) is 6.47. The molecule has 0 saturated carbocycles. The first-order chi connectivity index (χ1) is 9.70. The summed E-state index contributed by atoms with van der Waals surface area (Å²) in [4.78, 5) is 14.9. The smallest absolute Gasteiger partial charge is 0.328 e. The molecule has 2 aromatic rings. The monoisotopic (exact) mass is 296 g/mol. The van der Waals surface area contributed by atoms with E-state index in [-0.39, 0.29) is 17.6 Å². The number of aromatic nitrogens is 2. The van der Waals surface area contributed by atoms with Gasteiger partial charge in [-0.15, -0.1) is 0 Å². The Kier molecular flexibility index (Phi) is 3.89. The number of ketones is 1. The quantitative estimate of drug-likeness (QED) is 0.789. The van der Waals surface area contributed by atoms with E-state index in [0.717, 1.165) is 6.20 Å². The van der Waals surface area contributed by atoms with E-state index in [2.05, 4.69) is 4.98 Å². The molecule has 0 saturated heterocycles. The molecule has 0 atom stereocenters. The van der Waals surface area contributed by atoms with Gasteiger partial charge in [0.1, 0.15) is 5.82 Å². The highest BCUT2D eigenvalue weighted by Crippen LogP contribution is 2.32. The molecule has 2 rings (SSSR count). The third-order valence-electron chi connectivity index (χ3n) is 3.13. The van der Waals surface area contributed by atoms with Crippen molar-refractivity contribution in [1.29, 1.82) is 0 Å². The van der Waals surface area contributed by atoms with Crippen molar-refractivity contribution in [1.82, 2.24) is 9.55 Å². The molecule has 0 N–H and O–H groups in total. The topological polar surface area (TPSA) is 34.9 Å². The summed E-state index contributed by atoms with van der Waals surface area (Å²) in [6.45, 7) is 5.01. The second kappa shape index (κ2) is 5.35. The number of nitrogens with zero attached hydrogens (tertiary/aromatic N) is 2. The van der Waals surface area contributed by atoms with Gasteiger partial charge in [0.05, 0.1) is 0 Å².